The second-order valence-corrected chi connectivity index (χ2v) is 7.29. The SMILES string of the molecule is N#CCC1C(CC#N)C(C(=O)OCc2ccccc2)C1C(=O)OCc1ccccc1. The lowest BCUT2D eigenvalue weighted by molar-refractivity contribution is -0.183. The van der Waals surface area contributed by atoms with Crippen molar-refractivity contribution in [3.63, 3.8) is 0 Å². The third kappa shape index (κ3) is 4.85. The van der Waals surface area contributed by atoms with Crippen LogP contribution < -0.4 is 0 Å². The number of esters is 2. The van der Waals surface area contributed by atoms with Crippen molar-refractivity contribution in [2.24, 2.45) is 23.7 Å². The Morgan fingerprint density at radius 1 is 0.700 bits per heavy atom. The number of carbonyl (C=O) groups excluding carboxylic acids is 2. The van der Waals surface area contributed by atoms with E-state index in [-0.39, 0.29) is 26.1 Å². The molecule has 4 atom stereocenters. The number of ether oxygens (including phenoxy) is 2. The van der Waals surface area contributed by atoms with E-state index >= 15 is 0 Å². The number of hydrogen-bond donors (Lipinski definition) is 0. The van der Waals surface area contributed by atoms with Crippen molar-refractivity contribution in [2.75, 3.05) is 0 Å². The molecular weight excluding hydrogens is 380 g/mol. The zero-order valence-corrected chi connectivity index (χ0v) is 16.4. The largest absolute Gasteiger partial charge is 0.461 e. The number of benzene rings is 2. The molecule has 1 aliphatic carbocycles. The molecule has 0 heterocycles. The maximum Gasteiger partial charge on any atom is 0.310 e. The maximum atomic E-state index is 12.8. The predicted octanol–water partition coefficient (Wildman–Crippen LogP) is 3.78. The van der Waals surface area contributed by atoms with Gasteiger partial charge in [0.05, 0.1) is 24.0 Å². The first-order valence-electron chi connectivity index (χ1n) is 9.80. The lowest BCUT2D eigenvalue weighted by Gasteiger charge is -2.47. The molecule has 0 aromatic heterocycles. The third-order valence-corrected chi connectivity index (χ3v) is 5.51. The van der Waals surface area contributed by atoms with Gasteiger partial charge in [0.1, 0.15) is 13.2 Å². The molecule has 6 heteroatoms. The van der Waals surface area contributed by atoms with Crippen LogP contribution in [0.3, 0.4) is 0 Å². The van der Waals surface area contributed by atoms with Crippen LogP contribution in [0.1, 0.15) is 24.0 Å². The van der Waals surface area contributed by atoms with Crippen LogP contribution in [0.2, 0.25) is 0 Å². The van der Waals surface area contributed by atoms with Gasteiger partial charge in [0, 0.05) is 12.8 Å². The minimum Gasteiger partial charge on any atom is -0.461 e. The normalized spacial score (nSPS) is 22.1. The number of rotatable bonds is 8. The van der Waals surface area contributed by atoms with E-state index in [1.807, 2.05) is 60.7 Å². The number of carbonyl (C=O) groups is 2. The lowest BCUT2D eigenvalue weighted by atomic mass is 9.54. The second-order valence-electron chi connectivity index (χ2n) is 7.29. The van der Waals surface area contributed by atoms with Crippen molar-refractivity contribution in [2.45, 2.75) is 26.1 Å². The molecule has 1 fully saturated rings. The van der Waals surface area contributed by atoms with Gasteiger partial charge in [0.15, 0.2) is 0 Å². The van der Waals surface area contributed by atoms with Crippen LogP contribution in [-0.4, -0.2) is 11.9 Å². The Morgan fingerprint density at radius 2 is 1.07 bits per heavy atom. The van der Waals surface area contributed by atoms with Crippen LogP contribution in [0.5, 0.6) is 0 Å². The molecule has 6 nitrogen and oxygen atoms in total. The number of nitriles is 2. The van der Waals surface area contributed by atoms with Crippen LogP contribution in [0.4, 0.5) is 0 Å². The van der Waals surface area contributed by atoms with Crippen molar-refractivity contribution < 1.29 is 19.1 Å². The molecule has 0 aliphatic heterocycles. The summed E-state index contributed by atoms with van der Waals surface area (Å²) < 4.78 is 10.9. The van der Waals surface area contributed by atoms with Gasteiger partial charge in [0.2, 0.25) is 0 Å². The van der Waals surface area contributed by atoms with Crippen molar-refractivity contribution in [3.8, 4) is 12.1 Å². The van der Waals surface area contributed by atoms with Crippen LogP contribution in [-0.2, 0) is 32.3 Å². The predicted molar refractivity (Wildman–Crippen MR) is 107 cm³/mol. The standard InChI is InChI=1S/C24H22N2O4/c25-13-11-19-20(12-14-26)22(24(28)30-16-18-9-5-2-6-10-18)21(19)23(27)29-15-17-7-3-1-4-8-17/h1-10,19-22H,11-12,15-16H2. The molecule has 0 bridgehead atoms. The van der Waals surface area contributed by atoms with Crippen molar-refractivity contribution in [1.29, 1.82) is 10.5 Å². The quantitative estimate of drug-likeness (QED) is 0.623. The van der Waals surface area contributed by atoms with Crippen LogP contribution in [0, 0.1) is 46.3 Å². The molecule has 1 saturated carbocycles. The topological polar surface area (TPSA) is 100 Å². The highest BCUT2D eigenvalue weighted by molar-refractivity contribution is 5.85. The van der Waals surface area contributed by atoms with Crippen LogP contribution in [0.25, 0.3) is 0 Å². The Hall–Kier alpha value is -3.64. The Balaban J connectivity index is 1.71. The fourth-order valence-electron chi connectivity index (χ4n) is 3.98. The summed E-state index contributed by atoms with van der Waals surface area (Å²) in [5, 5.41) is 18.3. The summed E-state index contributed by atoms with van der Waals surface area (Å²) >= 11 is 0. The minimum atomic E-state index is -0.782. The molecule has 2 aromatic rings. The maximum absolute atomic E-state index is 12.8. The molecule has 0 spiro atoms. The van der Waals surface area contributed by atoms with Gasteiger partial charge >= 0.3 is 11.9 Å². The minimum absolute atomic E-state index is 0.0832. The summed E-state index contributed by atoms with van der Waals surface area (Å²) in [4.78, 5) is 25.6. The summed E-state index contributed by atoms with van der Waals surface area (Å²) in [7, 11) is 0. The van der Waals surface area contributed by atoms with Gasteiger partial charge in [-0.05, 0) is 23.0 Å². The third-order valence-electron chi connectivity index (χ3n) is 5.51. The molecule has 30 heavy (non-hydrogen) atoms. The second kappa shape index (κ2) is 10.2. The molecule has 2 aromatic carbocycles. The first kappa shape index (κ1) is 21.1. The molecule has 1 aliphatic rings. The van der Waals surface area contributed by atoms with E-state index in [0.29, 0.717) is 0 Å². The first-order chi connectivity index (χ1) is 14.7. The highest BCUT2D eigenvalue weighted by atomic mass is 16.5. The zero-order chi connectivity index (χ0) is 21.3. The van der Waals surface area contributed by atoms with E-state index in [1.165, 1.54) is 0 Å². The Bertz CT molecular complexity index is 867. The van der Waals surface area contributed by atoms with Gasteiger partial charge in [-0.15, -0.1) is 0 Å². The van der Waals surface area contributed by atoms with Crippen molar-refractivity contribution in [3.05, 3.63) is 71.8 Å². The average Bonchev–Trinajstić information content (AvgIpc) is 2.78. The molecular formula is C24H22N2O4. The van der Waals surface area contributed by atoms with Gasteiger partial charge in [-0.25, -0.2) is 0 Å². The monoisotopic (exact) mass is 402 g/mol. The number of hydrogen-bond acceptors (Lipinski definition) is 6. The van der Waals surface area contributed by atoms with E-state index in [2.05, 4.69) is 12.1 Å². The van der Waals surface area contributed by atoms with E-state index in [0.717, 1.165) is 11.1 Å². The van der Waals surface area contributed by atoms with E-state index in [9.17, 15) is 20.1 Å². The fraction of sp³-hybridized carbons (Fsp3) is 0.333. The molecule has 3 rings (SSSR count). The summed E-state index contributed by atoms with van der Waals surface area (Å²) in [6, 6.07) is 22.6. The summed E-state index contributed by atoms with van der Waals surface area (Å²) in [5.74, 6) is -3.42. The van der Waals surface area contributed by atoms with Crippen LogP contribution >= 0.6 is 0 Å². The van der Waals surface area contributed by atoms with Gasteiger partial charge in [-0.2, -0.15) is 10.5 Å². The van der Waals surface area contributed by atoms with Gasteiger partial charge in [0.25, 0.3) is 0 Å². The Labute approximate surface area is 175 Å². The van der Waals surface area contributed by atoms with Crippen molar-refractivity contribution in [1.82, 2.24) is 0 Å². The van der Waals surface area contributed by atoms with Crippen LogP contribution in [0.15, 0.2) is 60.7 Å². The van der Waals surface area contributed by atoms with E-state index in [4.69, 9.17) is 9.47 Å². The summed E-state index contributed by atoms with van der Waals surface area (Å²) in [5.41, 5.74) is 1.66. The van der Waals surface area contributed by atoms with Gasteiger partial charge in [-0.3, -0.25) is 9.59 Å². The van der Waals surface area contributed by atoms with Gasteiger partial charge in [-0.1, -0.05) is 60.7 Å². The highest BCUT2D eigenvalue weighted by Gasteiger charge is 2.58. The lowest BCUT2D eigenvalue weighted by Crippen LogP contribution is -2.54. The van der Waals surface area contributed by atoms with E-state index in [1.54, 1.807) is 0 Å². The Morgan fingerprint density at radius 3 is 1.40 bits per heavy atom. The smallest absolute Gasteiger partial charge is 0.310 e. The molecule has 0 N–H and O–H groups in total. The summed E-state index contributed by atoms with van der Waals surface area (Å²) in [6.45, 7) is 0.175. The summed E-state index contributed by atoms with van der Waals surface area (Å²) in [6.07, 6.45) is 0.166. The molecule has 0 radical (unpaired) electrons. The first-order valence-corrected chi connectivity index (χ1v) is 9.80. The van der Waals surface area contributed by atoms with E-state index < -0.39 is 35.6 Å². The zero-order valence-electron chi connectivity index (χ0n) is 16.4. The number of nitrogens with zero attached hydrogens (tertiary/aromatic N) is 2. The fourth-order valence-corrected chi connectivity index (χ4v) is 3.98. The average molecular weight is 402 g/mol. The molecule has 0 amide bonds. The Kier molecular flexibility index (Phi) is 7.19. The molecule has 152 valence electrons. The highest BCUT2D eigenvalue weighted by Crippen LogP contribution is 2.51. The molecule has 4 unspecified atom stereocenters. The molecule has 0 saturated heterocycles. The van der Waals surface area contributed by atoms with Crippen molar-refractivity contribution >= 4 is 11.9 Å². The van der Waals surface area contributed by atoms with Gasteiger partial charge < -0.3 is 9.47 Å².